The molecule has 0 unspecified atom stereocenters. The number of hydrogen-bond acceptors (Lipinski definition) is 5. The highest BCUT2D eigenvalue weighted by Gasteiger charge is 2.12. The molecule has 0 radical (unpaired) electrons. The molecule has 0 heterocycles. The van der Waals surface area contributed by atoms with Crippen molar-refractivity contribution < 1.29 is 19.0 Å². The number of ether oxygens (including phenoxy) is 3. The second-order valence-corrected chi connectivity index (χ2v) is 6.59. The third-order valence-electron chi connectivity index (χ3n) is 3.79. The molecular weight excluding hydrogens is 459 g/mol. The molecule has 0 aliphatic rings. The van der Waals surface area contributed by atoms with Gasteiger partial charge in [0.05, 0.1) is 24.9 Å². The van der Waals surface area contributed by atoms with Gasteiger partial charge in [-0.2, -0.15) is 5.26 Å². The van der Waals surface area contributed by atoms with Crippen LogP contribution in [0.25, 0.3) is 6.08 Å². The molecule has 0 saturated carbocycles. The number of halogens is 1. The molecule has 2 aromatic rings. The molecule has 1 amide bonds. The van der Waals surface area contributed by atoms with E-state index in [9.17, 15) is 10.1 Å². The number of nitriles is 1. The van der Waals surface area contributed by atoms with Crippen LogP contribution in [0.2, 0.25) is 0 Å². The Hall–Kier alpha value is -2.73. The number of rotatable bonds is 7. The molecular formula is C20H19IN2O4. The third-order valence-corrected chi connectivity index (χ3v) is 4.63. The van der Waals surface area contributed by atoms with Gasteiger partial charge in [0.25, 0.3) is 5.91 Å². The van der Waals surface area contributed by atoms with E-state index in [1.54, 1.807) is 57.7 Å². The molecule has 6 nitrogen and oxygen atoms in total. The van der Waals surface area contributed by atoms with Crippen molar-refractivity contribution in [3.05, 3.63) is 56.7 Å². The van der Waals surface area contributed by atoms with Crippen molar-refractivity contribution >= 4 is 34.6 Å². The molecule has 0 aliphatic carbocycles. The van der Waals surface area contributed by atoms with Crippen molar-refractivity contribution in [2.75, 3.05) is 21.3 Å². The number of carbonyl (C=O) groups excluding carboxylic acids is 1. The average molecular weight is 478 g/mol. The van der Waals surface area contributed by atoms with Crippen LogP contribution in [-0.4, -0.2) is 27.2 Å². The molecule has 0 bridgehead atoms. The predicted molar refractivity (Wildman–Crippen MR) is 111 cm³/mol. The number of nitrogens with one attached hydrogen (secondary N) is 1. The van der Waals surface area contributed by atoms with Crippen molar-refractivity contribution in [2.24, 2.45) is 0 Å². The van der Waals surface area contributed by atoms with Crippen molar-refractivity contribution in [2.45, 2.75) is 6.54 Å². The van der Waals surface area contributed by atoms with Crippen LogP contribution in [-0.2, 0) is 11.3 Å². The zero-order valence-corrected chi connectivity index (χ0v) is 17.4. The lowest BCUT2D eigenvalue weighted by atomic mass is 10.1. The van der Waals surface area contributed by atoms with Crippen molar-refractivity contribution in [1.29, 1.82) is 5.26 Å². The second-order valence-electron chi connectivity index (χ2n) is 5.42. The van der Waals surface area contributed by atoms with Gasteiger partial charge in [0, 0.05) is 18.2 Å². The molecule has 1 N–H and O–H groups in total. The minimum absolute atomic E-state index is 0.0171. The van der Waals surface area contributed by atoms with E-state index in [1.807, 2.05) is 12.1 Å². The Labute approximate surface area is 171 Å². The number of hydrogen-bond donors (Lipinski definition) is 1. The topological polar surface area (TPSA) is 80.6 Å². The van der Waals surface area contributed by atoms with E-state index in [2.05, 4.69) is 27.9 Å². The highest BCUT2D eigenvalue weighted by atomic mass is 127. The van der Waals surface area contributed by atoms with Gasteiger partial charge in [-0.25, -0.2) is 0 Å². The van der Waals surface area contributed by atoms with Crippen LogP contribution >= 0.6 is 22.6 Å². The highest BCUT2D eigenvalue weighted by molar-refractivity contribution is 14.1. The van der Waals surface area contributed by atoms with E-state index in [1.165, 1.54) is 0 Å². The first-order chi connectivity index (χ1) is 13.0. The number of carbonyl (C=O) groups is 1. The number of methoxy groups -OCH3 is 3. The fourth-order valence-corrected chi connectivity index (χ4v) is 3.12. The Morgan fingerprint density at radius 2 is 1.85 bits per heavy atom. The molecule has 0 spiro atoms. The predicted octanol–water partition coefficient (Wildman–Crippen LogP) is 3.54. The van der Waals surface area contributed by atoms with Crippen molar-refractivity contribution in [1.82, 2.24) is 5.32 Å². The maximum Gasteiger partial charge on any atom is 0.262 e. The molecule has 0 aliphatic heterocycles. The zero-order valence-electron chi connectivity index (χ0n) is 15.2. The molecule has 2 rings (SSSR count). The fourth-order valence-electron chi connectivity index (χ4n) is 2.36. The Morgan fingerprint density at radius 3 is 2.44 bits per heavy atom. The first-order valence-electron chi connectivity index (χ1n) is 7.96. The third kappa shape index (κ3) is 5.37. The van der Waals surface area contributed by atoms with Crippen molar-refractivity contribution in [3.63, 3.8) is 0 Å². The summed E-state index contributed by atoms with van der Waals surface area (Å²) in [4.78, 5) is 12.4. The van der Waals surface area contributed by atoms with Crippen LogP contribution in [0, 0.1) is 14.9 Å². The molecule has 27 heavy (non-hydrogen) atoms. The second kappa shape index (κ2) is 9.83. The van der Waals surface area contributed by atoms with Crippen LogP contribution in [0.5, 0.6) is 17.2 Å². The number of amides is 1. The molecule has 0 atom stereocenters. The van der Waals surface area contributed by atoms with E-state index in [4.69, 9.17) is 14.2 Å². The molecule has 0 aromatic heterocycles. The van der Waals surface area contributed by atoms with E-state index in [-0.39, 0.29) is 12.1 Å². The minimum Gasteiger partial charge on any atom is -0.497 e. The monoisotopic (exact) mass is 478 g/mol. The maximum absolute atomic E-state index is 12.4. The number of nitrogens with zero attached hydrogens (tertiary/aromatic N) is 1. The lowest BCUT2D eigenvalue weighted by Gasteiger charge is -2.11. The van der Waals surface area contributed by atoms with E-state index in [0.717, 1.165) is 20.4 Å². The first-order valence-corrected chi connectivity index (χ1v) is 9.04. The number of benzene rings is 2. The van der Waals surface area contributed by atoms with Crippen LogP contribution in [0.15, 0.2) is 42.0 Å². The molecule has 0 fully saturated rings. The summed E-state index contributed by atoms with van der Waals surface area (Å²) in [6.45, 7) is 0.227. The first kappa shape index (κ1) is 20.6. The fraction of sp³-hybridized carbons (Fsp3) is 0.200. The lowest BCUT2D eigenvalue weighted by molar-refractivity contribution is -0.117. The van der Waals surface area contributed by atoms with Crippen LogP contribution in [0.1, 0.15) is 11.1 Å². The summed E-state index contributed by atoms with van der Waals surface area (Å²) in [6.07, 6.45) is 1.54. The highest BCUT2D eigenvalue weighted by Crippen LogP contribution is 2.25. The van der Waals surface area contributed by atoms with Gasteiger partial charge in [0.15, 0.2) is 0 Å². The summed E-state index contributed by atoms with van der Waals surface area (Å²) >= 11 is 2.14. The Morgan fingerprint density at radius 1 is 1.11 bits per heavy atom. The van der Waals surface area contributed by atoms with Gasteiger partial charge in [0.1, 0.15) is 28.9 Å². The summed E-state index contributed by atoms with van der Waals surface area (Å²) < 4.78 is 16.6. The van der Waals surface area contributed by atoms with Gasteiger partial charge in [-0.1, -0.05) is 6.07 Å². The SMILES string of the molecule is COc1ccc(CNC(=O)/C(C#N)=C/c2ccc(OC)c(I)c2)c(OC)c1. The van der Waals surface area contributed by atoms with Gasteiger partial charge in [-0.05, 0) is 58.5 Å². The van der Waals surface area contributed by atoms with Gasteiger partial charge in [0.2, 0.25) is 0 Å². The summed E-state index contributed by atoms with van der Waals surface area (Å²) in [7, 11) is 4.71. The Balaban J connectivity index is 2.14. The summed E-state index contributed by atoms with van der Waals surface area (Å²) in [5, 5.41) is 12.1. The zero-order chi connectivity index (χ0) is 19.8. The molecule has 2 aromatic carbocycles. The van der Waals surface area contributed by atoms with E-state index < -0.39 is 5.91 Å². The van der Waals surface area contributed by atoms with Gasteiger partial charge < -0.3 is 19.5 Å². The van der Waals surface area contributed by atoms with Crippen molar-refractivity contribution in [3.8, 4) is 23.3 Å². The quantitative estimate of drug-likeness (QED) is 0.374. The Bertz CT molecular complexity index is 903. The van der Waals surface area contributed by atoms with Gasteiger partial charge in [-0.15, -0.1) is 0 Å². The summed E-state index contributed by atoms with van der Waals surface area (Å²) in [6, 6.07) is 12.7. The van der Waals surface area contributed by atoms with Crippen LogP contribution in [0.3, 0.4) is 0 Å². The van der Waals surface area contributed by atoms with E-state index >= 15 is 0 Å². The minimum atomic E-state index is -0.457. The van der Waals surface area contributed by atoms with Crippen LogP contribution in [0.4, 0.5) is 0 Å². The molecule has 7 heteroatoms. The molecule has 140 valence electrons. The average Bonchev–Trinajstić information content (AvgIpc) is 2.70. The van der Waals surface area contributed by atoms with Crippen LogP contribution < -0.4 is 19.5 Å². The summed E-state index contributed by atoms with van der Waals surface area (Å²) in [5.74, 6) is 1.54. The normalized spacial score (nSPS) is 10.7. The van der Waals surface area contributed by atoms with Gasteiger partial charge in [-0.3, -0.25) is 4.79 Å². The largest absolute Gasteiger partial charge is 0.497 e. The standard InChI is InChI=1S/C20H19IN2O4/c1-25-16-6-5-14(19(10-16)27-3)12-23-20(24)15(11-22)8-13-4-7-18(26-2)17(21)9-13/h4-10H,12H2,1-3H3,(H,23,24)/b15-8+. The van der Waals surface area contributed by atoms with Gasteiger partial charge >= 0.3 is 0 Å². The lowest BCUT2D eigenvalue weighted by Crippen LogP contribution is -2.24. The van der Waals surface area contributed by atoms with E-state index in [0.29, 0.717) is 11.5 Å². The Kier molecular flexibility index (Phi) is 7.49. The maximum atomic E-state index is 12.4. The summed E-state index contributed by atoms with van der Waals surface area (Å²) in [5.41, 5.74) is 1.54. The smallest absolute Gasteiger partial charge is 0.262 e. The molecule has 0 saturated heterocycles.